The first-order valence-corrected chi connectivity index (χ1v) is 4.86. The SMILES string of the molecule is Fc1c(F)c(F)c(NN=Cc2ccco2)c(F)c1F. The fraction of sp³-hybridized carbons (Fsp3) is 0. The lowest BCUT2D eigenvalue weighted by molar-refractivity contribution is 0.381. The van der Waals surface area contributed by atoms with Crippen LogP contribution < -0.4 is 5.43 Å². The van der Waals surface area contributed by atoms with Gasteiger partial charge < -0.3 is 4.42 Å². The Labute approximate surface area is 103 Å². The number of hydrazone groups is 1. The number of nitrogens with zero attached hydrogens (tertiary/aromatic N) is 1. The average Bonchev–Trinajstić information content (AvgIpc) is 2.91. The van der Waals surface area contributed by atoms with Crippen molar-refractivity contribution in [3.63, 3.8) is 0 Å². The summed E-state index contributed by atoms with van der Waals surface area (Å²) in [7, 11) is 0. The summed E-state index contributed by atoms with van der Waals surface area (Å²) < 4.78 is 69.6. The number of hydrogen-bond acceptors (Lipinski definition) is 3. The lowest BCUT2D eigenvalue weighted by Crippen LogP contribution is -2.06. The van der Waals surface area contributed by atoms with Crippen LogP contribution in [0.3, 0.4) is 0 Å². The van der Waals surface area contributed by atoms with E-state index in [4.69, 9.17) is 4.42 Å². The maximum absolute atomic E-state index is 13.2. The monoisotopic (exact) mass is 276 g/mol. The van der Waals surface area contributed by atoms with Gasteiger partial charge in [-0.2, -0.15) is 5.10 Å². The van der Waals surface area contributed by atoms with Crippen molar-refractivity contribution in [3.05, 3.63) is 53.2 Å². The molecule has 0 unspecified atom stereocenters. The summed E-state index contributed by atoms with van der Waals surface area (Å²) in [5.74, 6) is -10.1. The maximum Gasteiger partial charge on any atom is 0.200 e. The Balaban J connectivity index is 2.30. The van der Waals surface area contributed by atoms with Crippen molar-refractivity contribution >= 4 is 11.9 Å². The minimum Gasteiger partial charge on any atom is -0.463 e. The molecule has 0 aliphatic heterocycles. The molecular formula is C11H5F5N2O. The second-order valence-electron chi connectivity index (χ2n) is 3.33. The van der Waals surface area contributed by atoms with E-state index in [0.717, 1.165) is 6.21 Å². The van der Waals surface area contributed by atoms with Crippen molar-refractivity contribution in [2.24, 2.45) is 5.10 Å². The van der Waals surface area contributed by atoms with Crippen LogP contribution in [0.5, 0.6) is 0 Å². The zero-order chi connectivity index (χ0) is 14.0. The predicted octanol–water partition coefficient (Wildman–Crippen LogP) is 3.42. The van der Waals surface area contributed by atoms with Crippen molar-refractivity contribution in [1.29, 1.82) is 0 Å². The normalized spacial score (nSPS) is 11.2. The van der Waals surface area contributed by atoms with Gasteiger partial charge in [-0.25, -0.2) is 22.0 Å². The highest BCUT2D eigenvalue weighted by atomic mass is 19.2. The van der Waals surface area contributed by atoms with Crippen molar-refractivity contribution in [2.45, 2.75) is 0 Å². The minimum absolute atomic E-state index is 0.233. The molecule has 1 N–H and O–H groups in total. The Kier molecular flexibility index (Phi) is 3.50. The summed E-state index contributed by atoms with van der Waals surface area (Å²) in [6.45, 7) is 0. The predicted molar refractivity (Wildman–Crippen MR) is 56.2 cm³/mol. The summed E-state index contributed by atoms with van der Waals surface area (Å²) in [5.41, 5.74) is 0.504. The molecule has 1 aromatic carbocycles. The summed E-state index contributed by atoms with van der Waals surface area (Å²) in [4.78, 5) is 0. The molecule has 0 aliphatic rings. The smallest absolute Gasteiger partial charge is 0.200 e. The third-order valence-corrected chi connectivity index (χ3v) is 2.12. The third-order valence-electron chi connectivity index (χ3n) is 2.12. The van der Waals surface area contributed by atoms with Crippen molar-refractivity contribution < 1.29 is 26.4 Å². The van der Waals surface area contributed by atoms with E-state index in [2.05, 4.69) is 5.10 Å². The maximum atomic E-state index is 13.2. The lowest BCUT2D eigenvalue weighted by Gasteiger charge is -2.06. The number of hydrogen-bond donors (Lipinski definition) is 1. The second-order valence-corrected chi connectivity index (χ2v) is 3.33. The molecule has 0 fully saturated rings. The second kappa shape index (κ2) is 5.09. The summed E-state index contributed by atoms with van der Waals surface area (Å²) in [6.07, 6.45) is 2.33. The van der Waals surface area contributed by atoms with E-state index in [9.17, 15) is 22.0 Å². The molecule has 0 saturated carbocycles. The van der Waals surface area contributed by atoms with Crippen LogP contribution >= 0.6 is 0 Å². The average molecular weight is 276 g/mol. The summed E-state index contributed by atoms with van der Waals surface area (Å²) >= 11 is 0. The van der Waals surface area contributed by atoms with Crippen LogP contribution in [-0.2, 0) is 0 Å². The Morgan fingerprint density at radius 1 is 0.947 bits per heavy atom. The van der Waals surface area contributed by atoms with Crippen LogP contribution in [0.4, 0.5) is 27.6 Å². The molecule has 19 heavy (non-hydrogen) atoms. The molecule has 0 spiro atoms. The van der Waals surface area contributed by atoms with E-state index in [-0.39, 0.29) is 5.76 Å². The van der Waals surface area contributed by atoms with Gasteiger partial charge in [-0.05, 0) is 12.1 Å². The first-order valence-electron chi connectivity index (χ1n) is 4.86. The molecular weight excluding hydrogens is 271 g/mol. The molecule has 8 heteroatoms. The van der Waals surface area contributed by atoms with Gasteiger partial charge in [0.2, 0.25) is 5.82 Å². The highest BCUT2D eigenvalue weighted by molar-refractivity contribution is 5.76. The first-order chi connectivity index (χ1) is 9.02. The lowest BCUT2D eigenvalue weighted by atomic mass is 10.2. The van der Waals surface area contributed by atoms with Crippen molar-refractivity contribution in [1.82, 2.24) is 0 Å². The Morgan fingerprint density at radius 3 is 2.05 bits per heavy atom. The van der Waals surface area contributed by atoms with Gasteiger partial charge >= 0.3 is 0 Å². The Hall–Kier alpha value is -2.38. The van der Waals surface area contributed by atoms with Crippen LogP contribution in [-0.4, -0.2) is 6.21 Å². The van der Waals surface area contributed by atoms with Crippen LogP contribution in [0.1, 0.15) is 5.76 Å². The highest BCUT2D eigenvalue weighted by Crippen LogP contribution is 2.26. The quantitative estimate of drug-likeness (QED) is 0.306. The summed E-state index contributed by atoms with van der Waals surface area (Å²) in [5, 5.41) is 3.31. The molecule has 1 aromatic heterocycles. The van der Waals surface area contributed by atoms with E-state index in [1.807, 2.05) is 0 Å². The number of benzene rings is 1. The van der Waals surface area contributed by atoms with Gasteiger partial charge in [0.05, 0.1) is 12.5 Å². The van der Waals surface area contributed by atoms with Crippen LogP contribution in [0, 0.1) is 29.1 Å². The van der Waals surface area contributed by atoms with E-state index in [0.29, 0.717) is 0 Å². The van der Waals surface area contributed by atoms with Gasteiger partial charge in [0.15, 0.2) is 23.3 Å². The molecule has 2 rings (SSSR count). The minimum atomic E-state index is -2.23. The zero-order valence-electron chi connectivity index (χ0n) is 9.05. The van der Waals surface area contributed by atoms with Crippen molar-refractivity contribution in [3.8, 4) is 0 Å². The molecule has 3 nitrogen and oxygen atoms in total. The van der Waals surface area contributed by atoms with Crippen LogP contribution in [0.2, 0.25) is 0 Å². The van der Waals surface area contributed by atoms with Gasteiger partial charge in [-0.15, -0.1) is 0 Å². The summed E-state index contributed by atoms with van der Waals surface area (Å²) in [6, 6.07) is 3.00. The molecule has 0 atom stereocenters. The van der Waals surface area contributed by atoms with Gasteiger partial charge in [-0.1, -0.05) is 0 Å². The van der Waals surface area contributed by atoms with Gasteiger partial charge in [0.1, 0.15) is 11.4 Å². The third kappa shape index (κ3) is 2.42. The molecule has 0 radical (unpaired) electrons. The molecule has 1 heterocycles. The van der Waals surface area contributed by atoms with Gasteiger partial charge in [-0.3, -0.25) is 5.43 Å². The number of rotatable bonds is 3. The number of furan rings is 1. The van der Waals surface area contributed by atoms with E-state index < -0.39 is 34.8 Å². The Morgan fingerprint density at radius 2 is 1.53 bits per heavy atom. The number of anilines is 1. The van der Waals surface area contributed by atoms with Crippen LogP contribution in [0.15, 0.2) is 27.9 Å². The molecule has 0 aliphatic carbocycles. The molecule has 0 amide bonds. The fourth-order valence-corrected chi connectivity index (χ4v) is 1.23. The molecule has 2 aromatic rings. The first kappa shape index (κ1) is 13.1. The zero-order valence-corrected chi connectivity index (χ0v) is 9.05. The highest BCUT2D eigenvalue weighted by Gasteiger charge is 2.25. The largest absolute Gasteiger partial charge is 0.463 e. The van der Waals surface area contributed by atoms with E-state index >= 15 is 0 Å². The number of nitrogens with one attached hydrogen (secondary N) is 1. The topological polar surface area (TPSA) is 37.5 Å². The molecule has 0 bridgehead atoms. The van der Waals surface area contributed by atoms with E-state index in [1.165, 1.54) is 18.4 Å². The number of halogens is 5. The standard InChI is InChI=1S/C11H5F5N2O/c12-6-7(13)9(15)11(10(16)8(6)14)18-17-4-5-2-1-3-19-5/h1-4,18H. The van der Waals surface area contributed by atoms with Gasteiger partial charge in [0.25, 0.3) is 0 Å². The molecule has 100 valence electrons. The van der Waals surface area contributed by atoms with Crippen molar-refractivity contribution in [2.75, 3.05) is 5.43 Å². The van der Waals surface area contributed by atoms with Gasteiger partial charge in [0, 0.05) is 0 Å². The van der Waals surface area contributed by atoms with E-state index in [1.54, 1.807) is 5.43 Å². The fourth-order valence-electron chi connectivity index (χ4n) is 1.23. The Bertz CT molecular complexity index is 596. The molecule has 0 saturated heterocycles. The van der Waals surface area contributed by atoms with Crippen LogP contribution in [0.25, 0.3) is 0 Å².